The van der Waals surface area contributed by atoms with E-state index in [4.69, 9.17) is 4.74 Å². The zero-order valence-corrected chi connectivity index (χ0v) is 11.0. The first-order valence-electron chi connectivity index (χ1n) is 5.44. The number of ether oxygens (including phenoxy) is 1. The first-order valence-corrected chi connectivity index (χ1v) is 6.25. The second kappa shape index (κ2) is 4.14. The van der Waals surface area contributed by atoms with Crippen molar-refractivity contribution in [3.63, 3.8) is 0 Å². The van der Waals surface area contributed by atoms with E-state index in [0.29, 0.717) is 13.1 Å². The first kappa shape index (κ1) is 12.1. The number of thiophene rings is 1. The fourth-order valence-electron chi connectivity index (χ4n) is 1.71. The largest absolute Gasteiger partial charge is 0.444 e. The minimum atomic E-state index is -0.471. The molecule has 4 nitrogen and oxygen atoms in total. The molecule has 0 aliphatic carbocycles. The number of amides is 1. The average molecular weight is 253 g/mol. The Kier molecular flexibility index (Phi) is 2.95. The summed E-state index contributed by atoms with van der Waals surface area (Å²) in [5, 5.41) is 0. The van der Waals surface area contributed by atoms with Crippen LogP contribution in [0.1, 0.15) is 40.9 Å². The molecule has 1 aromatic rings. The zero-order chi connectivity index (χ0) is 12.6. The molecule has 0 bridgehead atoms. The van der Waals surface area contributed by atoms with Gasteiger partial charge in [0.1, 0.15) is 5.60 Å². The van der Waals surface area contributed by atoms with E-state index in [-0.39, 0.29) is 6.09 Å². The van der Waals surface area contributed by atoms with Gasteiger partial charge < -0.3 is 4.74 Å². The van der Waals surface area contributed by atoms with Gasteiger partial charge in [-0.15, -0.1) is 11.3 Å². The summed E-state index contributed by atoms with van der Waals surface area (Å²) in [6.07, 6.45) is 0.550. The summed E-state index contributed by atoms with van der Waals surface area (Å²) >= 11 is 1.44. The standard InChI is InChI=1S/C12H15NO3S/c1-12(2,3)16-11(15)13-5-8-4-9(7-14)17-10(8)6-13/h4,7H,5-6H2,1-3H3. The van der Waals surface area contributed by atoms with Gasteiger partial charge in [0.25, 0.3) is 0 Å². The molecule has 2 heterocycles. The third-order valence-corrected chi connectivity index (χ3v) is 3.47. The molecule has 0 saturated carbocycles. The van der Waals surface area contributed by atoms with E-state index in [1.807, 2.05) is 26.8 Å². The molecular formula is C12H15NO3S. The van der Waals surface area contributed by atoms with Gasteiger partial charge in [-0.1, -0.05) is 0 Å². The highest BCUT2D eigenvalue weighted by molar-refractivity contribution is 7.13. The molecule has 5 heteroatoms. The molecule has 1 amide bonds. The van der Waals surface area contributed by atoms with Crippen molar-refractivity contribution in [2.75, 3.05) is 0 Å². The number of hydrogen-bond donors (Lipinski definition) is 0. The van der Waals surface area contributed by atoms with E-state index >= 15 is 0 Å². The van der Waals surface area contributed by atoms with Gasteiger partial charge in [-0.3, -0.25) is 9.69 Å². The Morgan fingerprint density at radius 2 is 2.18 bits per heavy atom. The molecule has 1 aliphatic heterocycles. The summed E-state index contributed by atoms with van der Waals surface area (Å²) in [6.45, 7) is 6.63. The van der Waals surface area contributed by atoms with Crippen LogP contribution < -0.4 is 0 Å². The van der Waals surface area contributed by atoms with Crippen LogP contribution in [0.25, 0.3) is 0 Å². The van der Waals surface area contributed by atoms with Gasteiger partial charge in [0.2, 0.25) is 0 Å². The lowest BCUT2D eigenvalue weighted by molar-refractivity contribution is 0.0242. The number of carbonyl (C=O) groups excluding carboxylic acids is 2. The highest BCUT2D eigenvalue weighted by atomic mass is 32.1. The molecule has 0 unspecified atom stereocenters. The Morgan fingerprint density at radius 3 is 2.71 bits per heavy atom. The number of fused-ring (bicyclic) bond motifs is 1. The van der Waals surface area contributed by atoms with E-state index in [0.717, 1.165) is 21.6 Å². The van der Waals surface area contributed by atoms with E-state index in [9.17, 15) is 9.59 Å². The van der Waals surface area contributed by atoms with E-state index in [1.54, 1.807) is 4.90 Å². The molecule has 0 spiro atoms. The molecule has 92 valence electrons. The number of rotatable bonds is 1. The fourth-order valence-corrected chi connectivity index (χ4v) is 2.71. The first-order chi connectivity index (χ1) is 7.89. The third-order valence-electron chi connectivity index (χ3n) is 2.38. The van der Waals surface area contributed by atoms with E-state index in [2.05, 4.69) is 0 Å². The van der Waals surface area contributed by atoms with Gasteiger partial charge in [0.15, 0.2) is 6.29 Å². The van der Waals surface area contributed by atoms with Crippen LogP contribution in [0.5, 0.6) is 0 Å². The van der Waals surface area contributed by atoms with E-state index < -0.39 is 5.60 Å². The van der Waals surface area contributed by atoms with Gasteiger partial charge in [0.05, 0.1) is 18.0 Å². The maximum absolute atomic E-state index is 11.8. The van der Waals surface area contributed by atoms with Gasteiger partial charge in [-0.2, -0.15) is 0 Å². The van der Waals surface area contributed by atoms with Gasteiger partial charge in [0, 0.05) is 4.88 Å². The van der Waals surface area contributed by atoms with E-state index in [1.165, 1.54) is 11.3 Å². The quantitative estimate of drug-likeness (QED) is 0.723. The number of nitrogens with zero attached hydrogens (tertiary/aromatic N) is 1. The van der Waals surface area contributed by atoms with Gasteiger partial charge in [-0.25, -0.2) is 4.79 Å². The van der Waals surface area contributed by atoms with Crippen molar-refractivity contribution >= 4 is 23.7 Å². The molecule has 0 saturated heterocycles. The third kappa shape index (κ3) is 2.66. The van der Waals surface area contributed by atoms with Crippen molar-refractivity contribution in [3.05, 3.63) is 21.4 Å². The SMILES string of the molecule is CC(C)(C)OC(=O)N1Cc2cc(C=O)sc2C1. The van der Waals surface area contributed by atoms with Crippen molar-refractivity contribution in [1.29, 1.82) is 0 Å². The van der Waals surface area contributed by atoms with Crippen LogP contribution >= 0.6 is 11.3 Å². The summed E-state index contributed by atoms with van der Waals surface area (Å²) in [5.74, 6) is 0. The molecule has 0 radical (unpaired) electrons. The topological polar surface area (TPSA) is 46.6 Å². The van der Waals surface area contributed by atoms with Crippen LogP contribution in [0.15, 0.2) is 6.07 Å². The zero-order valence-electron chi connectivity index (χ0n) is 10.1. The maximum Gasteiger partial charge on any atom is 0.410 e. The minimum absolute atomic E-state index is 0.298. The Hall–Kier alpha value is -1.36. The highest BCUT2D eigenvalue weighted by Crippen LogP contribution is 2.31. The summed E-state index contributed by atoms with van der Waals surface area (Å²) < 4.78 is 5.30. The lowest BCUT2D eigenvalue weighted by Gasteiger charge is -2.24. The molecule has 0 fully saturated rings. The molecule has 1 aromatic heterocycles. The number of aldehydes is 1. The molecular weight excluding hydrogens is 238 g/mol. The van der Waals surface area contributed by atoms with Gasteiger partial charge >= 0.3 is 6.09 Å². The Balaban J connectivity index is 2.03. The predicted molar refractivity (Wildman–Crippen MR) is 65.2 cm³/mol. The predicted octanol–water partition coefficient (Wildman–Crippen LogP) is 2.81. The molecule has 2 rings (SSSR count). The van der Waals surface area contributed by atoms with Crippen LogP contribution in [0.3, 0.4) is 0 Å². The molecule has 1 aliphatic rings. The molecule has 17 heavy (non-hydrogen) atoms. The summed E-state index contributed by atoms with van der Waals surface area (Å²) in [7, 11) is 0. The molecule has 0 aromatic carbocycles. The van der Waals surface area contributed by atoms with Crippen molar-refractivity contribution in [1.82, 2.24) is 4.90 Å². The Bertz CT molecular complexity index is 435. The van der Waals surface area contributed by atoms with Crippen LogP contribution in [-0.2, 0) is 17.8 Å². The monoisotopic (exact) mass is 253 g/mol. The van der Waals surface area contributed by atoms with Crippen molar-refractivity contribution in [3.8, 4) is 0 Å². The Labute approximate surface area is 104 Å². The second-order valence-electron chi connectivity index (χ2n) is 5.05. The molecule has 0 atom stereocenters. The van der Waals surface area contributed by atoms with Gasteiger partial charge in [-0.05, 0) is 32.4 Å². The van der Waals surface area contributed by atoms with Crippen LogP contribution in [0.4, 0.5) is 4.79 Å². The highest BCUT2D eigenvalue weighted by Gasteiger charge is 2.29. The average Bonchev–Trinajstić information content (AvgIpc) is 2.70. The Morgan fingerprint density at radius 1 is 1.47 bits per heavy atom. The fraction of sp³-hybridized carbons (Fsp3) is 0.500. The summed E-state index contributed by atoms with van der Waals surface area (Å²) in [6, 6.07) is 1.84. The lowest BCUT2D eigenvalue weighted by atomic mass is 10.2. The lowest BCUT2D eigenvalue weighted by Crippen LogP contribution is -2.33. The number of carbonyl (C=O) groups is 2. The van der Waals surface area contributed by atoms with Crippen LogP contribution in [0, 0.1) is 0 Å². The number of hydrogen-bond acceptors (Lipinski definition) is 4. The smallest absolute Gasteiger partial charge is 0.410 e. The minimum Gasteiger partial charge on any atom is -0.444 e. The normalized spacial score (nSPS) is 14.6. The second-order valence-corrected chi connectivity index (χ2v) is 6.22. The molecule has 0 N–H and O–H groups in total. The van der Waals surface area contributed by atoms with Crippen molar-refractivity contribution in [2.24, 2.45) is 0 Å². The van der Waals surface area contributed by atoms with Crippen LogP contribution in [0.2, 0.25) is 0 Å². The summed E-state index contributed by atoms with van der Waals surface area (Å²) in [4.78, 5) is 25.9. The summed E-state index contributed by atoms with van der Waals surface area (Å²) in [5.41, 5.74) is 0.587. The van der Waals surface area contributed by atoms with Crippen LogP contribution in [-0.4, -0.2) is 22.9 Å². The van der Waals surface area contributed by atoms with Crippen molar-refractivity contribution < 1.29 is 14.3 Å². The van der Waals surface area contributed by atoms with Crippen molar-refractivity contribution in [2.45, 2.75) is 39.5 Å². The maximum atomic E-state index is 11.8.